The molecule has 3 heterocycles. The van der Waals surface area contributed by atoms with Crippen LogP contribution in [0.4, 0.5) is 0 Å². The normalized spacial score (nSPS) is 17.4. The topological polar surface area (TPSA) is 40.2 Å². The molecular formula is C43H30N2O2. The summed E-state index contributed by atoms with van der Waals surface area (Å²) in [5.74, 6) is 2.86. The quantitative estimate of drug-likeness (QED) is 0.200. The molecule has 0 radical (unpaired) electrons. The largest absolute Gasteiger partial charge is 0.484 e. The van der Waals surface area contributed by atoms with Gasteiger partial charge in [0.05, 0.1) is 17.3 Å². The highest BCUT2D eigenvalue weighted by Crippen LogP contribution is 2.53. The molecule has 2 atom stereocenters. The van der Waals surface area contributed by atoms with E-state index in [4.69, 9.17) is 14.1 Å². The Kier molecular flexibility index (Phi) is 5.79. The van der Waals surface area contributed by atoms with Crippen molar-refractivity contribution in [1.82, 2.24) is 9.55 Å². The van der Waals surface area contributed by atoms with E-state index >= 15 is 0 Å². The molecule has 4 nitrogen and oxygen atoms in total. The molecule has 224 valence electrons. The van der Waals surface area contributed by atoms with Gasteiger partial charge in [0.2, 0.25) is 0 Å². The molecule has 0 fully saturated rings. The van der Waals surface area contributed by atoms with Crippen LogP contribution in [0.3, 0.4) is 0 Å². The molecule has 2 unspecified atom stereocenters. The van der Waals surface area contributed by atoms with Crippen molar-refractivity contribution in [2.45, 2.75) is 24.9 Å². The lowest BCUT2D eigenvalue weighted by Gasteiger charge is -2.26. The van der Waals surface area contributed by atoms with Gasteiger partial charge in [-0.05, 0) is 65.9 Å². The van der Waals surface area contributed by atoms with Crippen molar-refractivity contribution in [3.63, 3.8) is 0 Å². The Morgan fingerprint density at radius 2 is 1.47 bits per heavy atom. The average Bonchev–Trinajstić information content (AvgIpc) is 3.83. The number of allylic oxidation sites excluding steroid dienone is 1. The van der Waals surface area contributed by atoms with Crippen LogP contribution in [0.25, 0.3) is 56.9 Å². The first-order valence-corrected chi connectivity index (χ1v) is 16.3. The summed E-state index contributed by atoms with van der Waals surface area (Å²) >= 11 is 0. The van der Waals surface area contributed by atoms with Gasteiger partial charge in [-0.3, -0.25) is 4.57 Å². The first-order valence-electron chi connectivity index (χ1n) is 16.3. The van der Waals surface area contributed by atoms with Gasteiger partial charge in [-0.25, -0.2) is 4.98 Å². The highest BCUT2D eigenvalue weighted by molar-refractivity contribution is 5.99. The van der Waals surface area contributed by atoms with Crippen LogP contribution in [-0.2, 0) is 6.42 Å². The first kappa shape index (κ1) is 26.4. The summed E-state index contributed by atoms with van der Waals surface area (Å²) in [6, 6.07) is 44.9. The van der Waals surface area contributed by atoms with Gasteiger partial charge in [-0.15, -0.1) is 0 Å². The van der Waals surface area contributed by atoms with Crippen LogP contribution in [0.5, 0.6) is 5.75 Å². The standard InChI is InChI=1S/C43H30N2O2/c1-2-11-27(12-3-1)28-21-23-29(24-22-28)43-44-36-17-6-7-18-37(36)45(43)31-14-10-13-30(25-31)34-26-35-32-15-4-8-19-38(32)46-42(35)40-33-16-5-9-20-39(33)47-41(34)40/h1-6,8-17,19-26,40-41H,7,18H2. The molecule has 5 aromatic carbocycles. The zero-order valence-electron chi connectivity index (χ0n) is 25.6. The van der Waals surface area contributed by atoms with Gasteiger partial charge in [0, 0.05) is 33.3 Å². The Balaban J connectivity index is 1.12. The molecule has 0 saturated carbocycles. The minimum absolute atomic E-state index is 0.0120. The number of imidazole rings is 1. The van der Waals surface area contributed by atoms with Crippen molar-refractivity contribution in [2.75, 3.05) is 0 Å². The summed E-state index contributed by atoms with van der Waals surface area (Å²) in [6.07, 6.45) is 8.46. The zero-order valence-corrected chi connectivity index (χ0v) is 25.6. The Bertz CT molecular complexity index is 2390. The number of rotatable bonds is 4. The third kappa shape index (κ3) is 4.11. The van der Waals surface area contributed by atoms with Crippen molar-refractivity contribution in [3.05, 3.63) is 167 Å². The molecule has 0 N–H and O–H groups in total. The Labute approximate surface area is 272 Å². The van der Waals surface area contributed by atoms with E-state index in [2.05, 4.69) is 138 Å². The third-order valence-electron chi connectivity index (χ3n) is 9.88. The SMILES string of the molecule is C1=Cc2nc(-c3ccc(-c4ccccc4)cc3)n(-c3cccc(C4=Cc5c(oc6ccccc56)C5c6ccccc6OC45)c3)c2CC1. The van der Waals surface area contributed by atoms with Gasteiger partial charge in [0.1, 0.15) is 29.0 Å². The average molecular weight is 607 g/mol. The summed E-state index contributed by atoms with van der Waals surface area (Å²) in [4.78, 5) is 5.20. The van der Waals surface area contributed by atoms with Crippen LogP contribution >= 0.6 is 0 Å². The van der Waals surface area contributed by atoms with E-state index in [-0.39, 0.29) is 12.0 Å². The minimum atomic E-state index is -0.180. The zero-order chi connectivity index (χ0) is 30.9. The number of furan rings is 1. The Morgan fingerprint density at radius 3 is 2.38 bits per heavy atom. The van der Waals surface area contributed by atoms with E-state index in [1.54, 1.807) is 0 Å². The van der Waals surface area contributed by atoms with Crippen LogP contribution in [0.1, 0.15) is 46.2 Å². The predicted octanol–water partition coefficient (Wildman–Crippen LogP) is 10.4. The van der Waals surface area contributed by atoms with Gasteiger partial charge in [0.25, 0.3) is 0 Å². The molecule has 2 aliphatic carbocycles. The molecule has 3 aliphatic rings. The Morgan fingerprint density at radius 1 is 0.702 bits per heavy atom. The number of nitrogens with zero attached hydrogens (tertiary/aromatic N) is 2. The number of hydrogen-bond donors (Lipinski definition) is 0. The van der Waals surface area contributed by atoms with E-state index in [1.165, 1.54) is 22.4 Å². The predicted molar refractivity (Wildman–Crippen MR) is 189 cm³/mol. The highest BCUT2D eigenvalue weighted by Gasteiger charge is 2.44. The Hall–Kier alpha value is -5.87. The number of benzene rings is 5. The summed E-state index contributed by atoms with van der Waals surface area (Å²) in [6.45, 7) is 0. The number of fused-ring (bicyclic) bond motifs is 8. The fraction of sp³-hybridized carbons (Fsp3) is 0.0930. The van der Waals surface area contributed by atoms with E-state index in [0.717, 1.165) is 74.8 Å². The summed E-state index contributed by atoms with van der Waals surface area (Å²) in [5.41, 5.74) is 12.4. The van der Waals surface area contributed by atoms with Gasteiger partial charge in [-0.1, -0.05) is 109 Å². The van der Waals surface area contributed by atoms with Crippen LogP contribution in [-0.4, -0.2) is 15.7 Å². The molecule has 1 aliphatic heterocycles. The molecule has 10 rings (SSSR count). The van der Waals surface area contributed by atoms with E-state index in [9.17, 15) is 0 Å². The first-order chi connectivity index (χ1) is 23.3. The van der Waals surface area contributed by atoms with E-state index < -0.39 is 0 Å². The maximum atomic E-state index is 6.74. The minimum Gasteiger partial charge on any atom is -0.484 e. The van der Waals surface area contributed by atoms with Crippen LogP contribution in [0.2, 0.25) is 0 Å². The van der Waals surface area contributed by atoms with Crippen molar-refractivity contribution in [3.8, 4) is 34.0 Å². The lowest BCUT2D eigenvalue weighted by Crippen LogP contribution is -2.24. The second-order valence-electron chi connectivity index (χ2n) is 12.6. The number of ether oxygens (including phenoxy) is 1. The van der Waals surface area contributed by atoms with Crippen molar-refractivity contribution >= 4 is 28.7 Å². The highest BCUT2D eigenvalue weighted by atomic mass is 16.5. The van der Waals surface area contributed by atoms with Gasteiger partial charge in [-0.2, -0.15) is 0 Å². The lowest BCUT2D eigenvalue weighted by molar-refractivity contribution is 0.265. The molecule has 0 saturated heterocycles. The third-order valence-corrected chi connectivity index (χ3v) is 9.88. The lowest BCUT2D eigenvalue weighted by atomic mass is 9.79. The maximum absolute atomic E-state index is 6.74. The van der Waals surface area contributed by atoms with Crippen LogP contribution in [0.15, 0.2) is 138 Å². The number of para-hydroxylation sites is 2. The molecule has 47 heavy (non-hydrogen) atoms. The van der Waals surface area contributed by atoms with Gasteiger partial charge < -0.3 is 9.15 Å². The van der Waals surface area contributed by atoms with Crippen molar-refractivity contribution in [2.24, 2.45) is 0 Å². The summed E-state index contributed by atoms with van der Waals surface area (Å²) in [5, 5.41) is 1.13. The molecule has 0 amide bonds. The fourth-order valence-electron chi connectivity index (χ4n) is 7.68. The van der Waals surface area contributed by atoms with Gasteiger partial charge in [0.15, 0.2) is 0 Å². The van der Waals surface area contributed by atoms with E-state index in [0.29, 0.717) is 0 Å². The second kappa shape index (κ2) is 10.3. The monoisotopic (exact) mass is 606 g/mol. The number of aromatic nitrogens is 2. The van der Waals surface area contributed by atoms with Gasteiger partial charge >= 0.3 is 0 Å². The number of hydrogen-bond acceptors (Lipinski definition) is 3. The van der Waals surface area contributed by atoms with Crippen molar-refractivity contribution in [1.29, 1.82) is 0 Å². The molecular weight excluding hydrogens is 576 g/mol. The molecule has 7 aromatic rings. The maximum Gasteiger partial charge on any atom is 0.145 e. The molecule has 2 aromatic heterocycles. The molecule has 0 spiro atoms. The second-order valence-corrected chi connectivity index (χ2v) is 12.6. The van der Waals surface area contributed by atoms with Crippen LogP contribution < -0.4 is 4.74 Å². The molecule has 4 heteroatoms. The fourth-order valence-corrected chi connectivity index (χ4v) is 7.68. The summed E-state index contributed by atoms with van der Waals surface area (Å²) < 4.78 is 15.6. The van der Waals surface area contributed by atoms with Crippen LogP contribution in [0, 0.1) is 0 Å². The summed E-state index contributed by atoms with van der Waals surface area (Å²) in [7, 11) is 0. The van der Waals surface area contributed by atoms with Crippen molar-refractivity contribution < 1.29 is 9.15 Å². The molecule has 0 bridgehead atoms. The van der Waals surface area contributed by atoms with E-state index in [1.807, 2.05) is 12.1 Å². The smallest absolute Gasteiger partial charge is 0.145 e.